The van der Waals surface area contributed by atoms with Crippen LogP contribution in [-0.4, -0.2) is 48.4 Å². The number of ether oxygens (including phenoxy) is 1. The molecule has 0 bridgehead atoms. The van der Waals surface area contributed by atoms with Crippen molar-refractivity contribution < 1.29 is 19.1 Å². The van der Waals surface area contributed by atoms with E-state index in [9.17, 15) is 14.4 Å². The maximum absolute atomic E-state index is 12.3. The Labute approximate surface area is 166 Å². The van der Waals surface area contributed by atoms with Crippen LogP contribution in [0.15, 0.2) is 24.3 Å². The van der Waals surface area contributed by atoms with E-state index in [1.807, 2.05) is 31.2 Å². The third kappa shape index (κ3) is 4.59. The number of hydrogen-bond donors (Lipinski definition) is 1. The monoisotopic (exact) mass is 408 g/mol. The van der Waals surface area contributed by atoms with Crippen molar-refractivity contribution in [2.45, 2.75) is 32.2 Å². The summed E-state index contributed by atoms with van der Waals surface area (Å²) in [6, 6.07) is 7.60. The molecule has 1 N–H and O–H groups in total. The van der Waals surface area contributed by atoms with E-state index in [1.54, 1.807) is 4.90 Å². The maximum Gasteiger partial charge on any atom is 0.325 e. The number of nitrogens with zero attached hydrogens (tertiary/aromatic N) is 1. The third-order valence-corrected chi connectivity index (χ3v) is 6.29. The van der Waals surface area contributed by atoms with Gasteiger partial charge < -0.3 is 15.0 Å². The van der Waals surface area contributed by atoms with Crippen LogP contribution in [0.25, 0.3) is 10.1 Å². The van der Waals surface area contributed by atoms with Crippen molar-refractivity contribution in [3.8, 4) is 0 Å². The zero-order valence-electron chi connectivity index (χ0n) is 15.0. The van der Waals surface area contributed by atoms with Crippen molar-refractivity contribution in [2.75, 3.05) is 19.7 Å². The van der Waals surface area contributed by atoms with Gasteiger partial charge in [-0.05, 0) is 32.3 Å². The number of esters is 1. The van der Waals surface area contributed by atoms with Gasteiger partial charge in [-0.15, -0.1) is 11.3 Å². The van der Waals surface area contributed by atoms with Gasteiger partial charge >= 0.3 is 5.97 Å². The number of piperidine rings is 1. The van der Waals surface area contributed by atoms with E-state index in [4.69, 9.17) is 16.3 Å². The van der Waals surface area contributed by atoms with E-state index in [2.05, 4.69) is 5.32 Å². The van der Waals surface area contributed by atoms with Crippen LogP contribution in [0.1, 0.15) is 35.9 Å². The lowest BCUT2D eigenvalue weighted by atomic mass is 10.0. The molecule has 0 radical (unpaired) electrons. The molecule has 0 saturated carbocycles. The van der Waals surface area contributed by atoms with Gasteiger partial charge in [0.15, 0.2) is 6.61 Å². The molecular weight excluding hydrogens is 388 g/mol. The molecule has 0 unspecified atom stereocenters. The Morgan fingerprint density at radius 3 is 2.81 bits per heavy atom. The van der Waals surface area contributed by atoms with E-state index in [1.165, 1.54) is 11.3 Å². The van der Waals surface area contributed by atoms with Crippen molar-refractivity contribution in [1.29, 1.82) is 0 Å². The lowest BCUT2D eigenvalue weighted by molar-refractivity contribution is -0.152. The zero-order chi connectivity index (χ0) is 19.4. The maximum atomic E-state index is 12.3. The molecule has 1 fully saturated rings. The number of carbonyl (C=O) groups is 3. The summed E-state index contributed by atoms with van der Waals surface area (Å²) < 4.78 is 5.91. The highest BCUT2D eigenvalue weighted by atomic mass is 35.5. The fourth-order valence-corrected chi connectivity index (χ4v) is 4.57. The molecule has 2 amide bonds. The molecule has 1 atom stereocenters. The first kappa shape index (κ1) is 19.6. The molecular formula is C19H21ClN2O4S. The SMILES string of the molecule is C[C@@H]1CCCCN1C(=O)COC(=O)CNC(=O)c1sc2ccccc2c1Cl. The van der Waals surface area contributed by atoms with E-state index in [0.717, 1.165) is 29.3 Å². The lowest BCUT2D eigenvalue weighted by Gasteiger charge is -2.33. The number of thiophene rings is 1. The first-order valence-corrected chi connectivity index (χ1v) is 10.1. The minimum absolute atomic E-state index is 0.166. The highest BCUT2D eigenvalue weighted by Crippen LogP contribution is 2.34. The van der Waals surface area contributed by atoms with Gasteiger partial charge in [0.1, 0.15) is 11.4 Å². The molecule has 1 aromatic heterocycles. The van der Waals surface area contributed by atoms with Crippen LogP contribution < -0.4 is 5.32 Å². The Morgan fingerprint density at radius 2 is 2.07 bits per heavy atom. The molecule has 0 spiro atoms. The number of amides is 2. The van der Waals surface area contributed by atoms with Gasteiger partial charge in [0.25, 0.3) is 11.8 Å². The largest absolute Gasteiger partial charge is 0.454 e. The summed E-state index contributed by atoms with van der Waals surface area (Å²) in [7, 11) is 0. The predicted octanol–water partition coefficient (Wildman–Crippen LogP) is 3.23. The standard InChI is InChI=1S/C19H21ClN2O4S/c1-12-6-4-5-9-22(12)15(23)11-26-16(24)10-21-19(25)18-17(20)13-7-2-3-8-14(13)27-18/h2-3,7-8,12H,4-6,9-11H2,1H3,(H,21,25)/t12-/m1/s1. The van der Waals surface area contributed by atoms with Crippen molar-refractivity contribution in [1.82, 2.24) is 10.2 Å². The van der Waals surface area contributed by atoms with Gasteiger partial charge in [-0.1, -0.05) is 29.8 Å². The van der Waals surface area contributed by atoms with Crippen LogP contribution in [0.4, 0.5) is 0 Å². The summed E-state index contributed by atoms with van der Waals surface area (Å²) in [6.45, 7) is 2.07. The highest BCUT2D eigenvalue weighted by Gasteiger charge is 2.24. The summed E-state index contributed by atoms with van der Waals surface area (Å²) in [5.74, 6) is -1.29. The average Bonchev–Trinajstić information content (AvgIpc) is 3.01. The van der Waals surface area contributed by atoms with Crippen LogP contribution >= 0.6 is 22.9 Å². The van der Waals surface area contributed by atoms with Gasteiger partial charge in [0.05, 0.1) is 5.02 Å². The highest BCUT2D eigenvalue weighted by molar-refractivity contribution is 7.21. The summed E-state index contributed by atoms with van der Waals surface area (Å²) >= 11 is 7.52. The molecule has 1 saturated heterocycles. The van der Waals surface area contributed by atoms with E-state index >= 15 is 0 Å². The fourth-order valence-electron chi connectivity index (χ4n) is 3.14. The van der Waals surface area contributed by atoms with Crippen LogP contribution in [-0.2, 0) is 14.3 Å². The molecule has 6 nitrogen and oxygen atoms in total. The minimum atomic E-state index is -0.654. The summed E-state index contributed by atoms with van der Waals surface area (Å²) in [5, 5.41) is 3.68. The Balaban J connectivity index is 1.49. The molecule has 1 aromatic carbocycles. The third-order valence-electron chi connectivity index (χ3n) is 4.61. The normalized spacial score (nSPS) is 17.0. The van der Waals surface area contributed by atoms with Crippen LogP contribution in [0.3, 0.4) is 0 Å². The second-order valence-corrected chi connectivity index (χ2v) is 7.95. The molecule has 8 heteroatoms. The number of hydrogen-bond acceptors (Lipinski definition) is 5. The Bertz CT molecular complexity index is 867. The number of halogens is 1. The molecule has 1 aliphatic heterocycles. The van der Waals surface area contributed by atoms with Gasteiger partial charge in [-0.3, -0.25) is 14.4 Å². The number of rotatable bonds is 5. The molecule has 2 aromatic rings. The quantitative estimate of drug-likeness (QED) is 0.770. The van der Waals surface area contributed by atoms with Crippen LogP contribution in [0, 0.1) is 0 Å². The van der Waals surface area contributed by atoms with E-state index in [-0.39, 0.29) is 25.1 Å². The molecule has 3 rings (SSSR count). The molecule has 0 aliphatic carbocycles. The number of benzene rings is 1. The minimum Gasteiger partial charge on any atom is -0.454 e. The molecule has 27 heavy (non-hydrogen) atoms. The number of likely N-dealkylation sites (tertiary alicyclic amines) is 1. The molecule has 2 heterocycles. The summed E-state index contributed by atoms with van der Waals surface area (Å²) in [6.07, 6.45) is 3.04. The fraction of sp³-hybridized carbons (Fsp3) is 0.421. The van der Waals surface area contributed by atoms with Crippen LogP contribution in [0.2, 0.25) is 5.02 Å². The second kappa shape index (κ2) is 8.71. The number of nitrogens with one attached hydrogen (secondary N) is 1. The second-order valence-electron chi connectivity index (χ2n) is 6.52. The van der Waals surface area contributed by atoms with Gasteiger partial charge in [0.2, 0.25) is 0 Å². The molecule has 1 aliphatic rings. The topological polar surface area (TPSA) is 75.7 Å². The Kier molecular flexibility index (Phi) is 6.34. The lowest BCUT2D eigenvalue weighted by Crippen LogP contribution is -2.44. The van der Waals surface area contributed by atoms with Gasteiger partial charge in [-0.25, -0.2) is 0 Å². The first-order chi connectivity index (χ1) is 13.0. The first-order valence-electron chi connectivity index (χ1n) is 8.87. The predicted molar refractivity (Wildman–Crippen MR) is 105 cm³/mol. The van der Waals surface area contributed by atoms with Crippen molar-refractivity contribution in [3.63, 3.8) is 0 Å². The average molecular weight is 409 g/mol. The number of carbonyl (C=O) groups excluding carboxylic acids is 3. The van der Waals surface area contributed by atoms with Gasteiger partial charge in [-0.2, -0.15) is 0 Å². The number of fused-ring (bicyclic) bond motifs is 1. The van der Waals surface area contributed by atoms with Gasteiger partial charge in [0, 0.05) is 22.7 Å². The van der Waals surface area contributed by atoms with E-state index in [0.29, 0.717) is 16.4 Å². The van der Waals surface area contributed by atoms with Crippen LogP contribution in [0.5, 0.6) is 0 Å². The smallest absolute Gasteiger partial charge is 0.325 e. The summed E-state index contributed by atoms with van der Waals surface area (Å²) in [4.78, 5) is 38.4. The van der Waals surface area contributed by atoms with Crippen molar-refractivity contribution in [3.05, 3.63) is 34.2 Å². The van der Waals surface area contributed by atoms with Crippen molar-refractivity contribution in [2.24, 2.45) is 0 Å². The Hall–Kier alpha value is -2.12. The summed E-state index contributed by atoms with van der Waals surface area (Å²) in [5.41, 5.74) is 0. The molecule has 144 valence electrons. The zero-order valence-corrected chi connectivity index (χ0v) is 16.6. The Morgan fingerprint density at radius 1 is 1.30 bits per heavy atom. The van der Waals surface area contributed by atoms with E-state index < -0.39 is 11.9 Å². The van der Waals surface area contributed by atoms with Crippen molar-refractivity contribution >= 4 is 50.8 Å².